The standard InChI is InChI=1S/C18H26N6O.HI/c1-13(25-15-8-5-4-6-9-15)12-20-18(19-3)22-16-10-7-11-24-17(16)21-14(2)23-24;/h4-6,8-9,13,16H,7,10-12H2,1-3H3,(H2,19,20,22);1H. The van der Waals surface area contributed by atoms with Gasteiger partial charge >= 0.3 is 0 Å². The third-order valence-corrected chi connectivity index (χ3v) is 4.15. The third-order valence-electron chi connectivity index (χ3n) is 4.15. The van der Waals surface area contributed by atoms with E-state index in [2.05, 4.69) is 25.7 Å². The van der Waals surface area contributed by atoms with Crippen LogP contribution in [0, 0.1) is 6.92 Å². The van der Waals surface area contributed by atoms with Gasteiger partial charge in [0.15, 0.2) is 5.96 Å². The number of guanidine groups is 1. The molecule has 0 fully saturated rings. The fourth-order valence-corrected chi connectivity index (χ4v) is 2.98. The molecule has 142 valence electrons. The molecule has 0 aliphatic carbocycles. The Balaban J connectivity index is 0.00000243. The lowest BCUT2D eigenvalue weighted by Gasteiger charge is -2.25. The molecule has 2 heterocycles. The first kappa shape index (κ1) is 20.5. The van der Waals surface area contributed by atoms with E-state index in [1.807, 2.05) is 48.9 Å². The minimum atomic E-state index is 0. The Morgan fingerprint density at radius 1 is 1.38 bits per heavy atom. The summed E-state index contributed by atoms with van der Waals surface area (Å²) in [6.07, 6.45) is 2.13. The molecule has 1 aliphatic rings. The average molecular weight is 470 g/mol. The van der Waals surface area contributed by atoms with Crippen molar-refractivity contribution in [3.8, 4) is 5.75 Å². The van der Waals surface area contributed by atoms with Gasteiger partial charge in [0.05, 0.1) is 12.6 Å². The van der Waals surface area contributed by atoms with Crippen molar-refractivity contribution < 1.29 is 4.74 Å². The molecule has 8 heteroatoms. The number of hydrogen-bond donors (Lipinski definition) is 2. The number of aliphatic imine (C=N–C) groups is 1. The van der Waals surface area contributed by atoms with E-state index in [-0.39, 0.29) is 36.1 Å². The van der Waals surface area contributed by atoms with Crippen molar-refractivity contribution in [1.29, 1.82) is 0 Å². The van der Waals surface area contributed by atoms with Crippen LogP contribution in [-0.2, 0) is 6.54 Å². The van der Waals surface area contributed by atoms with E-state index >= 15 is 0 Å². The Morgan fingerprint density at radius 2 is 2.15 bits per heavy atom. The molecule has 26 heavy (non-hydrogen) atoms. The number of ether oxygens (including phenoxy) is 1. The maximum Gasteiger partial charge on any atom is 0.191 e. The topological polar surface area (TPSA) is 76.4 Å². The molecule has 0 bridgehead atoms. The SMILES string of the molecule is CN=C(NCC(C)Oc1ccccc1)NC1CCCn2nc(C)nc21.I. The average Bonchev–Trinajstić information content (AvgIpc) is 3.00. The Morgan fingerprint density at radius 3 is 2.88 bits per heavy atom. The van der Waals surface area contributed by atoms with Gasteiger partial charge in [-0.3, -0.25) is 4.99 Å². The molecule has 1 aromatic heterocycles. The molecular weight excluding hydrogens is 443 g/mol. The fourth-order valence-electron chi connectivity index (χ4n) is 2.98. The number of aryl methyl sites for hydroxylation is 2. The second-order valence-electron chi connectivity index (χ2n) is 6.27. The summed E-state index contributed by atoms with van der Waals surface area (Å²) < 4.78 is 7.88. The molecule has 2 unspecified atom stereocenters. The van der Waals surface area contributed by atoms with Crippen LogP contribution in [0.3, 0.4) is 0 Å². The fraction of sp³-hybridized carbons (Fsp3) is 0.500. The zero-order chi connectivity index (χ0) is 17.6. The third kappa shape index (κ3) is 5.33. The highest BCUT2D eigenvalue weighted by Crippen LogP contribution is 2.22. The number of nitrogens with zero attached hydrogens (tertiary/aromatic N) is 4. The van der Waals surface area contributed by atoms with Gasteiger partial charge in [0.25, 0.3) is 0 Å². The molecule has 0 amide bonds. The van der Waals surface area contributed by atoms with Crippen LogP contribution in [0.15, 0.2) is 35.3 Å². The Hall–Kier alpha value is -1.84. The predicted molar refractivity (Wildman–Crippen MR) is 113 cm³/mol. The number of halogens is 1. The monoisotopic (exact) mass is 470 g/mol. The molecular formula is C18H27IN6O. The van der Waals surface area contributed by atoms with Crippen molar-refractivity contribution in [2.45, 2.75) is 45.4 Å². The van der Waals surface area contributed by atoms with E-state index in [1.54, 1.807) is 7.05 Å². The summed E-state index contributed by atoms with van der Waals surface area (Å²) in [6.45, 7) is 5.56. The van der Waals surface area contributed by atoms with Crippen molar-refractivity contribution in [2.24, 2.45) is 4.99 Å². The largest absolute Gasteiger partial charge is 0.489 e. The van der Waals surface area contributed by atoms with Crippen molar-refractivity contribution >= 4 is 29.9 Å². The number of nitrogens with one attached hydrogen (secondary N) is 2. The highest BCUT2D eigenvalue weighted by Gasteiger charge is 2.24. The number of fused-ring (bicyclic) bond motifs is 1. The molecule has 0 saturated carbocycles. The molecule has 2 N–H and O–H groups in total. The number of rotatable bonds is 5. The van der Waals surface area contributed by atoms with E-state index in [9.17, 15) is 0 Å². The van der Waals surface area contributed by atoms with E-state index in [0.717, 1.165) is 42.7 Å². The van der Waals surface area contributed by atoms with Crippen molar-refractivity contribution in [3.05, 3.63) is 42.0 Å². The van der Waals surface area contributed by atoms with Crippen LogP contribution in [0.5, 0.6) is 5.75 Å². The molecule has 0 saturated heterocycles. The van der Waals surface area contributed by atoms with Crippen LogP contribution in [0.4, 0.5) is 0 Å². The molecule has 7 nitrogen and oxygen atoms in total. The zero-order valence-corrected chi connectivity index (χ0v) is 17.8. The Labute approximate surface area is 171 Å². The number of hydrogen-bond acceptors (Lipinski definition) is 4. The molecule has 0 spiro atoms. The van der Waals surface area contributed by atoms with Gasteiger partial charge in [-0.1, -0.05) is 18.2 Å². The highest BCUT2D eigenvalue weighted by atomic mass is 127. The Bertz CT molecular complexity index is 718. The smallest absolute Gasteiger partial charge is 0.191 e. The quantitative estimate of drug-likeness (QED) is 0.399. The van der Waals surface area contributed by atoms with Crippen LogP contribution in [-0.4, -0.2) is 40.4 Å². The van der Waals surface area contributed by atoms with Crippen molar-refractivity contribution in [1.82, 2.24) is 25.4 Å². The highest BCUT2D eigenvalue weighted by molar-refractivity contribution is 14.0. The first-order chi connectivity index (χ1) is 12.2. The minimum Gasteiger partial charge on any atom is -0.489 e. The molecule has 0 radical (unpaired) electrons. The lowest BCUT2D eigenvalue weighted by Crippen LogP contribution is -2.44. The van der Waals surface area contributed by atoms with Crippen LogP contribution >= 0.6 is 24.0 Å². The molecule has 3 rings (SSSR count). The second-order valence-corrected chi connectivity index (χ2v) is 6.27. The summed E-state index contributed by atoms with van der Waals surface area (Å²) in [7, 11) is 1.77. The second kappa shape index (κ2) is 9.75. The van der Waals surface area contributed by atoms with Gasteiger partial charge in [0.2, 0.25) is 0 Å². The van der Waals surface area contributed by atoms with Gasteiger partial charge in [-0.15, -0.1) is 24.0 Å². The molecule has 1 aromatic carbocycles. The normalized spacial score (nSPS) is 17.7. The van der Waals surface area contributed by atoms with Gasteiger partial charge in [0.1, 0.15) is 23.5 Å². The minimum absolute atomic E-state index is 0. The van der Waals surface area contributed by atoms with Gasteiger partial charge in [-0.25, -0.2) is 9.67 Å². The summed E-state index contributed by atoms with van der Waals surface area (Å²) in [4.78, 5) is 8.88. The van der Waals surface area contributed by atoms with Gasteiger partial charge < -0.3 is 15.4 Å². The van der Waals surface area contributed by atoms with E-state index in [4.69, 9.17) is 4.74 Å². The lowest BCUT2D eigenvalue weighted by molar-refractivity contribution is 0.223. The zero-order valence-electron chi connectivity index (χ0n) is 15.5. The van der Waals surface area contributed by atoms with Crippen molar-refractivity contribution in [3.63, 3.8) is 0 Å². The van der Waals surface area contributed by atoms with Gasteiger partial charge in [-0.2, -0.15) is 5.10 Å². The summed E-state index contributed by atoms with van der Waals surface area (Å²) >= 11 is 0. The number of aromatic nitrogens is 3. The van der Waals surface area contributed by atoms with Crippen LogP contribution in [0.1, 0.15) is 37.5 Å². The van der Waals surface area contributed by atoms with Crippen molar-refractivity contribution in [2.75, 3.05) is 13.6 Å². The molecule has 2 aromatic rings. The summed E-state index contributed by atoms with van der Waals surface area (Å²) in [5.41, 5.74) is 0. The van der Waals surface area contributed by atoms with Gasteiger partial charge in [-0.05, 0) is 38.8 Å². The first-order valence-corrected chi connectivity index (χ1v) is 8.76. The molecule has 1 aliphatic heterocycles. The van der Waals surface area contributed by atoms with Crippen LogP contribution in [0.2, 0.25) is 0 Å². The van der Waals surface area contributed by atoms with Crippen LogP contribution < -0.4 is 15.4 Å². The first-order valence-electron chi connectivity index (χ1n) is 8.76. The number of para-hydroxylation sites is 1. The van der Waals surface area contributed by atoms with Crippen LogP contribution in [0.25, 0.3) is 0 Å². The van der Waals surface area contributed by atoms with E-state index < -0.39 is 0 Å². The maximum absolute atomic E-state index is 5.89. The number of benzene rings is 1. The maximum atomic E-state index is 5.89. The lowest BCUT2D eigenvalue weighted by atomic mass is 10.1. The van der Waals surface area contributed by atoms with E-state index in [1.165, 1.54) is 0 Å². The Kier molecular flexibility index (Phi) is 7.67. The predicted octanol–water partition coefficient (Wildman–Crippen LogP) is 2.67. The molecule has 2 atom stereocenters. The summed E-state index contributed by atoms with van der Waals surface area (Å²) in [5.74, 6) is 3.43. The summed E-state index contributed by atoms with van der Waals surface area (Å²) in [5, 5.41) is 11.2. The van der Waals surface area contributed by atoms with E-state index in [0.29, 0.717) is 6.54 Å². The summed E-state index contributed by atoms with van der Waals surface area (Å²) in [6, 6.07) is 9.97. The van der Waals surface area contributed by atoms with Gasteiger partial charge in [0, 0.05) is 13.6 Å².